The number of amides is 2. The Kier molecular flexibility index (Phi) is 4.50. The molecule has 6 nitrogen and oxygen atoms in total. The zero-order chi connectivity index (χ0) is 19.2. The average molecular weight is 370 g/mol. The number of rotatable bonds is 3. The van der Waals surface area contributed by atoms with Crippen molar-refractivity contribution in [1.29, 1.82) is 0 Å². The number of hydrogen-bond acceptors (Lipinski definition) is 4. The Bertz CT molecular complexity index is 988. The summed E-state index contributed by atoms with van der Waals surface area (Å²) in [5.41, 5.74) is 4.68. The Labute approximate surface area is 155 Å². The first-order valence-corrected chi connectivity index (χ1v) is 8.77. The van der Waals surface area contributed by atoms with Crippen LogP contribution in [0.15, 0.2) is 29.2 Å². The van der Waals surface area contributed by atoms with Gasteiger partial charge in [-0.25, -0.2) is 4.79 Å². The molecule has 0 spiro atoms. The van der Waals surface area contributed by atoms with Crippen LogP contribution < -0.4 is 0 Å². The molecule has 1 saturated heterocycles. The van der Waals surface area contributed by atoms with E-state index in [-0.39, 0.29) is 16.7 Å². The van der Waals surface area contributed by atoms with E-state index in [9.17, 15) is 14.4 Å². The molecule has 26 heavy (non-hydrogen) atoms. The molecule has 1 aromatic heterocycles. The first kappa shape index (κ1) is 18.0. The molecule has 2 heterocycles. The number of aromatic carboxylic acids is 1. The SMILES string of the molecule is Cc1cc(C(=O)O)ccc1-n1c(C)cc(C=C2SC(=O)N(C)C2=O)c1C. The number of carbonyl (C=O) groups excluding carboxylic acids is 2. The minimum Gasteiger partial charge on any atom is -0.478 e. The highest BCUT2D eigenvalue weighted by molar-refractivity contribution is 8.18. The zero-order valence-electron chi connectivity index (χ0n) is 14.9. The summed E-state index contributed by atoms with van der Waals surface area (Å²) in [6, 6.07) is 6.94. The van der Waals surface area contributed by atoms with Crippen molar-refractivity contribution in [1.82, 2.24) is 9.47 Å². The summed E-state index contributed by atoms with van der Waals surface area (Å²) in [6.07, 6.45) is 1.73. The first-order chi connectivity index (χ1) is 12.2. The lowest BCUT2D eigenvalue weighted by molar-refractivity contribution is -0.121. The average Bonchev–Trinajstić information content (AvgIpc) is 2.98. The van der Waals surface area contributed by atoms with Gasteiger partial charge in [0.05, 0.1) is 10.5 Å². The number of carboxylic acid groups (broad SMARTS) is 1. The molecule has 0 aliphatic carbocycles. The van der Waals surface area contributed by atoms with Gasteiger partial charge >= 0.3 is 5.97 Å². The lowest BCUT2D eigenvalue weighted by Gasteiger charge is -2.13. The molecule has 2 amide bonds. The van der Waals surface area contributed by atoms with Crippen LogP contribution in [-0.4, -0.2) is 38.7 Å². The van der Waals surface area contributed by atoms with Gasteiger partial charge in [-0.15, -0.1) is 0 Å². The van der Waals surface area contributed by atoms with Gasteiger partial charge in [0, 0.05) is 24.1 Å². The summed E-state index contributed by atoms with van der Waals surface area (Å²) in [6.45, 7) is 5.74. The molecule has 2 aromatic rings. The van der Waals surface area contributed by atoms with Crippen molar-refractivity contribution >= 4 is 35.0 Å². The van der Waals surface area contributed by atoms with Crippen LogP contribution in [0.5, 0.6) is 0 Å². The van der Waals surface area contributed by atoms with Crippen molar-refractivity contribution in [3.05, 3.63) is 57.2 Å². The number of imide groups is 1. The Balaban J connectivity index is 2.06. The monoisotopic (exact) mass is 370 g/mol. The Hall–Kier alpha value is -2.80. The van der Waals surface area contributed by atoms with Crippen molar-refractivity contribution in [2.75, 3.05) is 7.05 Å². The molecule has 1 N–H and O–H groups in total. The van der Waals surface area contributed by atoms with Crippen LogP contribution in [0.25, 0.3) is 11.8 Å². The van der Waals surface area contributed by atoms with Gasteiger partial charge in [0.25, 0.3) is 11.1 Å². The molecule has 3 rings (SSSR count). The molecule has 0 atom stereocenters. The maximum Gasteiger partial charge on any atom is 0.335 e. The second kappa shape index (κ2) is 6.49. The Morgan fingerprint density at radius 2 is 1.85 bits per heavy atom. The quantitative estimate of drug-likeness (QED) is 0.832. The van der Waals surface area contributed by atoms with E-state index in [4.69, 9.17) is 5.11 Å². The van der Waals surface area contributed by atoms with E-state index >= 15 is 0 Å². The van der Waals surface area contributed by atoms with Crippen LogP contribution >= 0.6 is 11.8 Å². The summed E-state index contributed by atoms with van der Waals surface area (Å²) in [7, 11) is 1.47. The molecule has 0 radical (unpaired) electrons. The fraction of sp³-hybridized carbons (Fsp3) is 0.211. The molecule has 0 saturated carbocycles. The van der Waals surface area contributed by atoms with Crippen molar-refractivity contribution in [3.63, 3.8) is 0 Å². The van der Waals surface area contributed by atoms with Gasteiger partial charge in [-0.2, -0.15) is 0 Å². The van der Waals surface area contributed by atoms with Crippen LogP contribution in [0.1, 0.15) is 32.9 Å². The third-order valence-electron chi connectivity index (χ3n) is 4.43. The summed E-state index contributed by atoms with van der Waals surface area (Å²) in [5, 5.41) is 8.85. The molecular formula is C19H18N2O4S. The summed E-state index contributed by atoms with van der Waals surface area (Å²) >= 11 is 0.929. The van der Waals surface area contributed by atoms with Crippen molar-refractivity contribution < 1.29 is 19.5 Å². The van der Waals surface area contributed by atoms with E-state index in [1.807, 2.05) is 31.4 Å². The predicted molar refractivity (Wildman–Crippen MR) is 101 cm³/mol. The second-order valence-electron chi connectivity index (χ2n) is 6.21. The minimum atomic E-state index is -0.962. The lowest BCUT2D eigenvalue weighted by Crippen LogP contribution is -2.22. The van der Waals surface area contributed by atoms with E-state index in [0.29, 0.717) is 4.91 Å². The number of aromatic nitrogens is 1. The number of carboxylic acids is 1. The molecule has 0 bridgehead atoms. The minimum absolute atomic E-state index is 0.241. The molecule has 134 valence electrons. The fourth-order valence-electron chi connectivity index (χ4n) is 3.03. The zero-order valence-corrected chi connectivity index (χ0v) is 15.7. The molecule has 0 unspecified atom stereocenters. The fourth-order valence-corrected chi connectivity index (χ4v) is 3.85. The van der Waals surface area contributed by atoms with Crippen LogP contribution in [0.2, 0.25) is 0 Å². The molecule has 7 heteroatoms. The van der Waals surface area contributed by atoms with Gasteiger partial charge < -0.3 is 9.67 Å². The molecule has 1 aliphatic heterocycles. The number of benzene rings is 1. The van der Waals surface area contributed by atoms with Crippen LogP contribution in [0, 0.1) is 20.8 Å². The van der Waals surface area contributed by atoms with Crippen molar-refractivity contribution in [3.8, 4) is 5.69 Å². The van der Waals surface area contributed by atoms with Crippen LogP contribution in [0.3, 0.4) is 0 Å². The third kappa shape index (κ3) is 2.94. The van der Waals surface area contributed by atoms with Gasteiger partial charge in [-0.1, -0.05) is 0 Å². The van der Waals surface area contributed by atoms with E-state index in [0.717, 1.165) is 44.9 Å². The number of carbonyl (C=O) groups is 3. The highest BCUT2D eigenvalue weighted by atomic mass is 32.2. The number of thioether (sulfide) groups is 1. The molecule has 1 aliphatic rings. The standard InChI is InChI=1S/C19H18N2O4S/c1-10-7-13(18(23)24)5-6-15(10)21-11(2)8-14(12(21)3)9-16-17(22)20(4)19(25)26-16/h5-9H,1-4H3,(H,23,24). The van der Waals surface area contributed by atoms with E-state index in [2.05, 4.69) is 0 Å². The first-order valence-electron chi connectivity index (χ1n) is 7.95. The van der Waals surface area contributed by atoms with E-state index < -0.39 is 5.97 Å². The van der Waals surface area contributed by atoms with Gasteiger partial charge in [0.15, 0.2) is 0 Å². The molecular weight excluding hydrogens is 352 g/mol. The third-order valence-corrected chi connectivity index (χ3v) is 5.39. The van der Waals surface area contributed by atoms with Crippen LogP contribution in [0.4, 0.5) is 4.79 Å². The Morgan fingerprint density at radius 1 is 1.15 bits per heavy atom. The molecule has 1 aromatic carbocycles. The second-order valence-corrected chi connectivity index (χ2v) is 7.20. The van der Waals surface area contributed by atoms with Gasteiger partial charge in [0.2, 0.25) is 0 Å². The largest absolute Gasteiger partial charge is 0.478 e. The van der Waals surface area contributed by atoms with E-state index in [1.54, 1.807) is 24.3 Å². The number of likely N-dealkylation sites (N-methyl/N-ethyl adjacent to an activating group) is 1. The van der Waals surface area contributed by atoms with E-state index in [1.165, 1.54) is 7.05 Å². The summed E-state index contributed by atoms with van der Waals surface area (Å²) in [5.74, 6) is -1.26. The summed E-state index contributed by atoms with van der Waals surface area (Å²) < 4.78 is 2.02. The Morgan fingerprint density at radius 3 is 2.38 bits per heavy atom. The highest BCUT2D eigenvalue weighted by Gasteiger charge is 2.32. The lowest BCUT2D eigenvalue weighted by atomic mass is 10.1. The van der Waals surface area contributed by atoms with Gasteiger partial charge in [-0.3, -0.25) is 14.5 Å². The normalized spacial score (nSPS) is 16.0. The number of aryl methyl sites for hydroxylation is 2. The maximum atomic E-state index is 12.1. The summed E-state index contributed by atoms with van der Waals surface area (Å²) in [4.78, 5) is 36.4. The topological polar surface area (TPSA) is 79.6 Å². The maximum absolute atomic E-state index is 12.1. The number of nitrogens with zero attached hydrogens (tertiary/aromatic N) is 2. The van der Waals surface area contributed by atoms with Crippen molar-refractivity contribution in [2.45, 2.75) is 20.8 Å². The van der Waals surface area contributed by atoms with Crippen molar-refractivity contribution in [2.24, 2.45) is 0 Å². The van der Waals surface area contributed by atoms with Crippen LogP contribution in [-0.2, 0) is 4.79 Å². The van der Waals surface area contributed by atoms with Gasteiger partial charge in [0.1, 0.15) is 0 Å². The van der Waals surface area contributed by atoms with Gasteiger partial charge in [-0.05, 0) is 74.0 Å². The highest BCUT2D eigenvalue weighted by Crippen LogP contribution is 2.33. The molecule has 1 fully saturated rings. The number of hydrogen-bond donors (Lipinski definition) is 1. The smallest absolute Gasteiger partial charge is 0.335 e. The predicted octanol–water partition coefficient (Wildman–Crippen LogP) is 3.77.